The molecule has 1 aliphatic heterocycles. The summed E-state index contributed by atoms with van der Waals surface area (Å²) in [4.78, 5) is 6.57. The van der Waals surface area contributed by atoms with Gasteiger partial charge in [-0.05, 0) is 46.3 Å². The molecular formula is C15H14Br2ClN3O2S. The minimum absolute atomic E-state index is 0.141. The topological polar surface area (TPSA) is 53.5 Å². The van der Waals surface area contributed by atoms with Gasteiger partial charge in [-0.2, -0.15) is 4.31 Å². The van der Waals surface area contributed by atoms with Gasteiger partial charge >= 0.3 is 0 Å². The fourth-order valence-corrected chi connectivity index (χ4v) is 5.20. The van der Waals surface area contributed by atoms with Crippen molar-refractivity contribution in [1.82, 2.24) is 9.29 Å². The SMILES string of the molecule is O=S(=O)(c1ccc(Br)cc1Cl)N1CCN(c2ccc(Br)cn2)CC1. The Bertz CT molecular complexity index is 838. The second kappa shape index (κ2) is 7.29. The van der Waals surface area contributed by atoms with Crippen molar-refractivity contribution in [3.05, 3.63) is 50.5 Å². The molecule has 0 N–H and O–H groups in total. The van der Waals surface area contributed by atoms with E-state index in [1.165, 1.54) is 10.4 Å². The van der Waals surface area contributed by atoms with Gasteiger partial charge in [-0.3, -0.25) is 0 Å². The number of aromatic nitrogens is 1. The number of rotatable bonds is 3. The van der Waals surface area contributed by atoms with E-state index in [2.05, 4.69) is 41.7 Å². The Hall–Kier alpha value is -0.670. The average molecular weight is 496 g/mol. The Morgan fingerprint density at radius 3 is 2.25 bits per heavy atom. The summed E-state index contributed by atoms with van der Waals surface area (Å²) in [7, 11) is -3.60. The maximum absolute atomic E-state index is 12.8. The third-order valence-electron chi connectivity index (χ3n) is 3.79. The highest BCUT2D eigenvalue weighted by atomic mass is 79.9. The van der Waals surface area contributed by atoms with E-state index in [0.29, 0.717) is 26.2 Å². The van der Waals surface area contributed by atoms with Crippen molar-refractivity contribution >= 4 is 59.3 Å². The minimum Gasteiger partial charge on any atom is -0.354 e. The molecule has 2 heterocycles. The zero-order valence-corrected chi connectivity index (χ0v) is 17.2. The van der Waals surface area contributed by atoms with Gasteiger partial charge in [0.05, 0.1) is 5.02 Å². The normalized spacial score (nSPS) is 16.4. The number of nitrogens with zero attached hydrogens (tertiary/aromatic N) is 3. The summed E-state index contributed by atoms with van der Waals surface area (Å²) in [6, 6.07) is 8.65. The molecule has 5 nitrogen and oxygen atoms in total. The van der Waals surface area contributed by atoms with E-state index in [-0.39, 0.29) is 9.92 Å². The first kappa shape index (κ1) is 18.1. The van der Waals surface area contributed by atoms with Crippen molar-refractivity contribution in [3.8, 4) is 0 Å². The fraction of sp³-hybridized carbons (Fsp3) is 0.267. The molecule has 0 unspecified atom stereocenters. The molecule has 24 heavy (non-hydrogen) atoms. The van der Waals surface area contributed by atoms with Crippen molar-refractivity contribution in [2.24, 2.45) is 0 Å². The number of hydrogen-bond acceptors (Lipinski definition) is 4. The molecule has 0 bridgehead atoms. The Balaban J connectivity index is 1.75. The highest BCUT2D eigenvalue weighted by molar-refractivity contribution is 9.10. The molecule has 0 radical (unpaired) electrons. The second-order valence-electron chi connectivity index (χ2n) is 5.30. The van der Waals surface area contributed by atoms with Crippen LogP contribution in [0.25, 0.3) is 0 Å². The van der Waals surface area contributed by atoms with Gasteiger partial charge in [-0.25, -0.2) is 13.4 Å². The number of hydrogen-bond donors (Lipinski definition) is 0. The summed E-state index contributed by atoms with van der Waals surface area (Å²) in [5.74, 6) is 0.844. The van der Waals surface area contributed by atoms with Crippen LogP contribution in [0.4, 0.5) is 5.82 Å². The lowest BCUT2D eigenvalue weighted by molar-refractivity contribution is 0.384. The van der Waals surface area contributed by atoms with E-state index < -0.39 is 10.0 Å². The molecule has 128 valence electrons. The molecule has 0 aliphatic carbocycles. The molecule has 9 heteroatoms. The van der Waals surface area contributed by atoms with Crippen LogP contribution in [0.3, 0.4) is 0 Å². The number of pyridine rings is 1. The van der Waals surface area contributed by atoms with Gasteiger partial charge in [-0.15, -0.1) is 0 Å². The predicted molar refractivity (Wildman–Crippen MR) is 102 cm³/mol. The van der Waals surface area contributed by atoms with E-state index in [0.717, 1.165) is 14.8 Å². The summed E-state index contributed by atoms with van der Waals surface area (Å²) in [5, 5.41) is 0.224. The van der Waals surface area contributed by atoms with Gasteiger partial charge in [0.15, 0.2) is 0 Å². The van der Waals surface area contributed by atoms with Crippen molar-refractivity contribution in [2.45, 2.75) is 4.90 Å². The molecule has 0 saturated carbocycles. The third-order valence-corrected chi connectivity index (χ3v) is 7.13. The summed E-state index contributed by atoms with van der Waals surface area (Å²) in [5.41, 5.74) is 0. The van der Waals surface area contributed by atoms with Crippen LogP contribution >= 0.6 is 43.5 Å². The van der Waals surface area contributed by atoms with Crippen LogP contribution in [0.15, 0.2) is 50.4 Å². The fourth-order valence-electron chi connectivity index (χ4n) is 2.54. The van der Waals surface area contributed by atoms with Gasteiger partial charge in [-0.1, -0.05) is 27.5 Å². The predicted octanol–water partition coefficient (Wildman–Crippen LogP) is 3.77. The molecule has 1 aromatic heterocycles. The smallest absolute Gasteiger partial charge is 0.244 e. The van der Waals surface area contributed by atoms with Crippen molar-refractivity contribution in [3.63, 3.8) is 0 Å². The Kier molecular flexibility index (Phi) is 5.51. The van der Waals surface area contributed by atoms with E-state index in [1.54, 1.807) is 18.3 Å². The second-order valence-corrected chi connectivity index (χ2v) is 9.45. The zero-order chi connectivity index (χ0) is 17.3. The average Bonchev–Trinajstić information content (AvgIpc) is 2.55. The van der Waals surface area contributed by atoms with Crippen LogP contribution in [-0.2, 0) is 10.0 Å². The van der Waals surface area contributed by atoms with Crippen LogP contribution in [0.5, 0.6) is 0 Å². The van der Waals surface area contributed by atoms with Crippen LogP contribution in [0, 0.1) is 0 Å². The van der Waals surface area contributed by atoms with Crippen LogP contribution in [0.2, 0.25) is 5.02 Å². The van der Waals surface area contributed by atoms with Crippen molar-refractivity contribution < 1.29 is 8.42 Å². The van der Waals surface area contributed by atoms with Crippen molar-refractivity contribution in [1.29, 1.82) is 0 Å². The van der Waals surface area contributed by atoms with Crippen LogP contribution < -0.4 is 4.90 Å². The maximum atomic E-state index is 12.8. The highest BCUT2D eigenvalue weighted by Gasteiger charge is 2.30. The van der Waals surface area contributed by atoms with Gasteiger partial charge < -0.3 is 4.90 Å². The van der Waals surface area contributed by atoms with Gasteiger partial charge in [0.2, 0.25) is 10.0 Å². The first-order valence-electron chi connectivity index (χ1n) is 7.19. The first-order chi connectivity index (χ1) is 11.4. The van der Waals surface area contributed by atoms with Crippen LogP contribution in [0.1, 0.15) is 0 Å². The molecular weight excluding hydrogens is 482 g/mol. The molecule has 0 spiro atoms. The van der Waals surface area contributed by atoms with Gasteiger partial charge in [0.1, 0.15) is 10.7 Å². The lowest BCUT2D eigenvalue weighted by Gasteiger charge is -2.34. The molecule has 1 fully saturated rings. The van der Waals surface area contributed by atoms with Gasteiger partial charge in [0, 0.05) is 41.3 Å². The number of piperazine rings is 1. The van der Waals surface area contributed by atoms with Crippen LogP contribution in [-0.4, -0.2) is 43.9 Å². The molecule has 0 atom stereocenters. The van der Waals surface area contributed by atoms with Gasteiger partial charge in [0.25, 0.3) is 0 Å². The molecule has 1 aromatic carbocycles. The third kappa shape index (κ3) is 3.77. The monoisotopic (exact) mass is 493 g/mol. The van der Waals surface area contributed by atoms with Crippen molar-refractivity contribution in [2.75, 3.05) is 31.1 Å². The number of anilines is 1. The summed E-state index contributed by atoms with van der Waals surface area (Å²) in [6.07, 6.45) is 1.74. The Labute approximate surface area is 162 Å². The maximum Gasteiger partial charge on any atom is 0.244 e. The molecule has 2 aromatic rings. The lowest BCUT2D eigenvalue weighted by atomic mass is 10.3. The molecule has 1 saturated heterocycles. The first-order valence-corrected chi connectivity index (χ1v) is 10.6. The van der Waals surface area contributed by atoms with E-state index in [9.17, 15) is 8.42 Å². The molecule has 1 aliphatic rings. The quantitative estimate of drug-likeness (QED) is 0.651. The summed E-state index contributed by atoms with van der Waals surface area (Å²) in [6.45, 7) is 1.96. The molecule has 3 rings (SSSR count). The summed E-state index contributed by atoms with van der Waals surface area (Å²) >= 11 is 12.8. The lowest BCUT2D eigenvalue weighted by Crippen LogP contribution is -2.48. The highest BCUT2D eigenvalue weighted by Crippen LogP contribution is 2.28. The Morgan fingerprint density at radius 2 is 1.67 bits per heavy atom. The van der Waals surface area contributed by atoms with E-state index in [1.807, 2.05) is 12.1 Å². The summed E-state index contributed by atoms with van der Waals surface area (Å²) < 4.78 is 28.7. The van der Waals surface area contributed by atoms with E-state index in [4.69, 9.17) is 11.6 Å². The Morgan fingerprint density at radius 1 is 1.00 bits per heavy atom. The largest absolute Gasteiger partial charge is 0.354 e. The number of sulfonamides is 1. The van der Waals surface area contributed by atoms with E-state index >= 15 is 0 Å². The number of halogens is 3. The standard InChI is InChI=1S/C15H14Br2ClN3O2S/c16-11-1-3-14(13(18)9-11)24(22,23)21-7-5-20(6-8-21)15-4-2-12(17)10-19-15/h1-4,9-10H,5-8H2. The number of benzene rings is 1. The minimum atomic E-state index is -3.60. The molecule has 0 amide bonds. The zero-order valence-electron chi connectivity index (χ0n) is 12.5.